The highest BCUT2D eigenvalue weighted by molar-refractivity contribution is 9.11. The molecule has 1 aliphatic carbocycles. The third kappa shape index (κ3) is 3.10. The maximum atomic E-state index is 12.4. The predicted molar refractivity (Wildman–Crippen MR) is 86.9 cm³/mol. The Hall–Kier alpha value is -0.390. The van der Waals surface area contributed by atoms with E-state index in [0.717, 1.165) is 28.3 Å². The third-order valence-corrected chi connectivity index (χ3v) is 5.32. The van der Waals surface area contributed by atoms with E-state index >= 15 is 0 Å². The Morgan fingerprint density at radius 1 is 1.25 bits per heavy atom. The zero-order chi connectivity index (χ0) is 14.2. The van der Waals surface area contributed by atoms with Crippen molar-refractivity contribution >= 4 is 37.8 Å². The van der Waals surface area contributed by atoms with Crippen molar-refractivity contribution in [3.05, 3.63) is 32.7 Å². The number of hydrogen-bond donors (Lipinski definition) is 2. The standard InChI is InChI=1S/C15H18Br2N2O/c16-11-6-10(7-12(17)8-11)14(20)19-13-2-5-18-15(9-13)3-1-4-15/h6-8,13,18H,1-5,9H2,(H,19,20). The van der Waals surface area contributed by atoms with Crippen molar-refractivity contribution in [1.29, 1.82) is 0 Å². The van der Waals surface area contributed by atoms with E-state index in [9.17, 15) is 4.79 Å². The van der Waals surface area contributed by atoms with Crippen LogP contribution in [0.4, 0.5) is 0 Å². The second kappa shape index (κ2) is 5.78. The summed E-state index contributed by atoms with van der Waals surface area (Å²) in [6, 6.07) is 5.95. The van der Waals surface area contributed by atoms with E-state index in [2.05, 4.69) is 42.5 Å². The zero-order valence-electron chi connectivity index (χ0n) is 11.2. The fraction of sp³-hybridized carbons (Fsp3) is 0.533. The minimum Gasteiger partial charge on any atom is -0.349 e. The molecule has 108 valence electrons. The maximum absolute atomic E-state index is 12.4. The van der Waals surface area contributed by atoms with Gasteiger partial charge in [0.25, 0.3) is 5.91 Å². The van der Waals surface area contributed by atoms with Crippen molar-refractivity contribution < 1.29 is 4.79 Å². The van der Waals surface area contributed by atoms with Crippen LogP contribution in [0, 0.1) is 0 Å². The Kier molecular flexibility index (Phi) is 4.20. The van der Waals surface area contributed by atoms with Gasteiger partial charge < -0.3 is 10.6 Å². The molecule has 1 aromatic rings. The molecule has 20 heavy (non-hydrogen) atoms. The maximum Gasteiger partial charge on any atom is 0.251 e. The lowest BCUT2D eigenvalue weighted by Crippen LogP contribution is -2.59. The molecule has 2 fully saturated rings. The minimum atomic E-state index is 0.0216. The van der Waals surface area contributed by atoms with Crippen molar-refractivity contribution in [2.24, 2.45) is 0 Å². The first-order chi connectivity index (χ1) is 9.56. The summed E-state index contributed by atoms with van der Waals surface area (Å²) >= 11 is 6.85. The van der Waals surface area contributed by atoms with Crippen LogP contribution in [0.5, 0.6) is 0 Å². The molecule has 1 saturated heterocycles. The van der Waals surface area contributed by atoms with Gasteiger partial charge in [-0.3, -0.25) is 4.79 Å². The van der Waals surface area contributed by atoms with Crippen LogP contribution in [-0.4, -0.2) is 24.0 Å². The number of hydrogen-bond acceptors (Lipinski definition) is 2. The van der Waals surface area contributed by atoms with E-state index in [4.69, 9.17) is 0 Å². The van der Waals surface area contributed by atoms with Gasteiger partial charge in [0.2, 0.25) is 0 Å². The van der Waals surface area contributed by atoms with Gasteiger partial charge in [-0.25, -0.2) is 0 Å². The quantitative estimate of drug-likeness (QED) is 0.794. The monoisotopic (exact) mass is 400 g/mol. The second-order valence-corrected chi connectivity index (χ2v) is 7.71. The Morgan fingerprint density at radius 2 is 1.95 bits per heavy atom. The molecule has 1 aromatic carbocycles. The molecule has 1 unspecified atom stereocenters. The van der Waals surface area contributed by atoms with Crippen molar-refractivity contribution in [3.63, 3.8) is 0 Å². The first kappa shape index (κ1) is 14.5. The number of amides is 1. The largest absolute Gasteiger partial charge is 0.349 e. The highest BCUT2D eigenvalue weighted by atomic mass is 79.9. The Balaban J connectivity index is 1.66. The molecule has 3 nitrogen and oxygen atoms in total. The van der Waals surface area contributed by atoms with E-state index in [1.807, 2.05) is 18.2 Å². The van der Waals surface area contributed by atoms with Crippen LogP contribution in [-0.2, 0) is 0 Å². The summed E-state index contributed by atoms with van der Waals surface area (Å²) in [6.45, 7) is 1.01. The Labute approximate surface area is 136 Å². The molecule has 1 atom stereocenters. The lowest BCUT2D eigenvalue weighted by molar-refractivity contribution is 0.0853. The molecule has 1 amide bonds. The minimum absolute atomic E-state index is 0.0216. The molecule has 1 saturated carbocycles. The number of piperidine rings is 1. The van der Waals surface area contributed by atoms with Crippen LogP contribution in [0.25, 0.3) is 0 Å². The summed E-state index contributed by atoms with van der Waals surface area (Å²) in [5.74, 6) is 0.0216. The van der Waals surface area contributed by atoms with Crippen LogP contribution in [0.2, 0.25) is 0 Å². The van der Waals surface area contributed by atoms with Crippen molar-refractivity contribution in [3.8, 4) is 0 Å². The number of halogens is 2. The molecule has 2 aliphatic rings. The van der Waals surface area contributed by atoms with Gasteiger partial charge >= 0.3 is 0 Å². The molecule has 1 heterocycles. The first-order valence-electron chi connectivity index (χ1n) is 7.08. The van der Waals surface area contributed by atoms with Crippen molar-refractivity contribution in [1.82, 2.24) is 10.6 Å². The number of benzene rings is 1. The highest BCUT2D eigenvalue weighted by Crippen LogP contribution is 2.38. The van der Waals surface area contributed by atoms with E-state index in [-0.39, 0.29) is 5.91 Å². The fourth-order valence-electron chi connectivity index (χ4n) is 3.22. The smallest absolute Gasteiger partial charge is 0.251 e. The van der Waals surface area contributed by atoms with E-state index in [0.29, 0.717) is 17.1 Å². The fourth-order valence-corrected chi connectivity index (χ4v) is 4.51. The predicted octanol–water partition coefficient (Wildman–Crippen LogP) is 3.62. The molecule has 0 aromatic heterocycles. The molecular weight excluding hydrogens is 384 g/mol. The van der Waals surface area contributed by atoms with E-state index in [1.54, 1.807) is 0 Å². The van der Waals surface area contributed by atoms with Crippen LogP contribution < -0.4 is 10.6 Å². The zero-order valence-corrected chi connectivity index (χ0v) is 14.4. The van der Waals surface area contributed by atoms with Crippen molar-refractivity contribution in [2.45, 2.75) is 43.7 Å². The van der Waals surface area contributed by atoms with Gasteiger partial charge in [-0.1, -0.05) is 31.9 Å². The molecule has 2 N–H and O–H groups in total. The summed E-state index contributed by atoms with van der Waals surface area (Å²) in [4.78, 5) is 12.4. The van der Waals surface area contributed by atoms with Gasteiger partial charge in [-0.15, -0.1) is 0 Å². The molecule has 1 aliphatic heterocycles. The topological polar surface area (TPSA) is 41.1 Å². The Morgan fingerprint density at radius 3 is 2.55 bits per heavy atom. The lowest BCUT2D eigenvalue weighted by atomic mass is 9.70. The summed E-state index contributed by atoms with van der Waals surface area (Å²) in [5, 5.41) is 6.82. The molecule has 0 radical (unpaired) electrons. The molecule has 5 heteroatoms. The number of nitrogens with one attached hydrogen (secondary N) is 2. The van der Waals surface area contributed by atoms with Gasteiger partial charge in [0.05, 0.1) is 0 Å². The Bertz CT molecular complexity index is 508. The number of carbonyl (C=O) groups is 1. The second-order valence-electron chi connectivity index (χ2n) is 5.88. The average molecular weight is 402 g/mol. The summed E-state index contributed by atoms with van der Waals surface area (Å²) < 4.78 is 1.83. The van der Waals surface area contributed by atoms with Crippen LogP contribution in [0.3, 0.4) is 0 Å². The molecule has 0 bridgehead atoms. The summed E-state index contributed by atoms with van der Waals surface area (Å²) in [5.41, 5.74) is 1.01. The van der Waals surface area contributed by atoms with Gasteiger partial charge in [-0.2, -0.15) is 0 Å². The van der Waals surface area contributed by atoms with Crippen molar-refractivity contribution in [2.75, 3.05) is 6.54 Å². The number of rotatable bonds is 2. The van der Waals surface area contributed by atoms with Crippen LogP contribution in [0.15, 0.2) is 27.1 Å². The molecular formula is C15H18Br2N2O. The normalized spacial score (nSPS) is 24.2. The summed E-state index contributed by atoms with van der Waals surface area (Å²) in [6.07, 6.45) is 5.90. The van der Waals surface area contributed by atoms with Gasteiger partial charge in [-0.05, 0) is 56.8 Å². The van der Waals surface area contributed by atoms with Gasteiger partial charge in [0.1, 0.15) is 0 Å². The SMILES string of the molecule is O=C(NC1CCNC2(CCC2)C1)c1cc(Br)cc(Br)c1. The van der Waals surface area contributed by atoms with Gasteiger partial charge in [0, 0.05) is 26.1 Å². The lowest BCUT2D eigenvalue weighted by Gasteiger charge is -2.48. The molecule has 1 spiro atoms. The average Bonchev–Trinajstić information content (AvgIpc) is 2.36. The van der Waals surface area contributed by atoms with Gasteiger partial charge in [0.15, 0.2) is 0 Å². The van der Waals surface area contributed by atoms with E-state index in [1.165, 1.54) is 19.3 Å². The van der Waals surface area contributed by atoms with Crippen LogP contribution in [0.1, 0.15) is 42.5 Å². The van der Waals surface area contributed by atoms with E-state index < -0.39 is 0 Å². The highest BCUT2D eigenvalue weighted by Gasteiger charge is 2.41. The first-order valence-corrected chi connectivity index (χ1v) is 8.67. The van der Waals surface area contributed by atoms with Crippen LogP contribution >= 0.6 is 31.9 Å². The molecule has 3 rings (SSSR count). The third-order valence-electron chi connectivity index (χ3n) is 4.40. The number of carbonyl (C=O) groups excluding carboxylic acids is 1. The summed E-state index contributed by atoms with van der Waals surface area (Å²) in [7, 11) is 0.